The lowest BCUT2D eigenvalue weighted by Crippen LogP contribution is -2.65. The molecule has 16 heteroatoms. The molecular weight excluding hydrogens is 733 g/mol. The minimum Gasteiger partial charge on any atom is -0.483 e. The van der Waals surface area contributed by atoms with Crippen molar-refractivity contribution in [3.63, 3.8) is 0 Å². The summed E-state index contributed by atoms with van der Waals surface area (Å²) in [6.45, 7) is 6.19. The highest BCUT2D eigenvalue weighted by molar-refractivity contribution is 6.35. The van der Waals surface area contributed by atoms with Crippen LogP contribution in [0.3, 0.4) is 0 Å². The van der Waals surface area contributed by atoms with Gasteiger partial charge in [-0.3, -0.25) is 9.59 Å². The molecule has 0 radical (unpaired) electrons. The molecule has 6 atom stereocenters. The van der Waals surface area contributed by atoms with Gasteiger partial charge in [0.25, 0.3) is 0 Å². The number of aliphatic hydroxyl groups excluding tert-OH is 1. The Morgan fingerprint density at radius 1 is 1.15 bits per heavy atom. The Hall–Kier alpha value is -4.37. The number of ether oxygens (including phenoxy) is 3. The van der Waals surface area contributed by atoms with Gasteiger partial charge in [-0.05, 0) is 53.0 Å². The summed E-state index contributed by atoms with van der Waals surface area (Å²) in [5.41, 5.74) is -6.00. The van der Waals surface area contributed by atoms with E-state index in [4.69, 9.17) is 25.8 Å². The summed E-state index contributed by atoms with van der Waals surface area (Å²) in [4.78, 5) is 60.6. The van der Waals surface area contributed by atoms with Gasteiger partial charge in [0.1, 0.15) is 23.3 Å². The number of aromatic nitrogens is 1. The number of alkyl carbamates (subject to hydrolysis) is 1. The zero-order valence-corrected chi connectivity index (χ0v) is 31.2. The van der Waals surface area contributed by atoms with Crippen LogP contribution in [-0.2, 0) is 30.0 Å². The Labute approximate surface area is 315 Å². The molecule has 54 heavy (non-hydrogen) atoms. The predicted molar refractivity (Wildman–Crippen MR) is 190 cm³/mol. The largest absolute Gasteiger partial charge is 0.483 e. The van der Waals surface area contributed by atoms with Crippen LogP contribution in [0.5, 0.6) is 5.75 Å². The molecule has 292 valence electrons. The van der Waals surface area contributed by atoms with E-state index in [0.29, 0.717) is 19.3 Å². The number of hydrogen-bond acceptors (Lipinski definition) is 9. The number of aliphatic hydroxyl groups is 1. The zero-order chi connectivity index (χ0) is 39.2. The van der Waals surface area contributed by atoms with E-state index in [9.17, 15) is 37.5 Å². The zero-order valence-electron chi connectivity index (χ0n) is 30.4. The Bertz CT molecular complexity index is 1900. The van der Waals surface area contributed by atoms with E-state index in [1.807, 2.05) is 12.2 Å². The van der Waals surface area contributed by atoms with Crippen LogP contribution in [0.1, 0.15) is 90.0 Å². The van der Waals surface area contributed by atoms with Gasteiger partial charge in [-0.1, -0.05) is 60.9 Å². The number of benzene rings is 1. The van der Waals surface area contributed by atoms with Crippen molar-refractivity contribution in [1.29, 1.82) is 0 Å². The van der Waals surface area contributed by atoms with Crippen molar-refractivity contribution < 1.29 is 51.7 Å². The quantitative estimate of drug-likeness (QED) is 0.248. The SMILES string of the molecule is CCOC(=O)[C@@]12C=C[C@H]1/C=C\CCCCC[C@H](NC(=O)OC(C)(C)C)C(=O)N1C[C@@]3(CC(O)c4c(c(C(F)(F)F)nc5c(Cl)cccc45)O3)C[C@H]1C(=O)N2. The molecule has 12 nitrogen and oxygen atoms in total. The molecule has 3 aliphatic heterocycles. The molecule has 4 aliphatic rings. The van der Waals surface area contributed by atoms with Crippen molar-refractivity contribution in [2.75, 3.05) is 13.2 Å². The molecule has 3 amide bonds. The van der Waals surface area contributed by atoms with Crippen LogP contribution in [0.15, 0.2) is 42.5 Å². The maximum atomic E-state index is 14.7. The lowest BCUT2D eigenvalue weighted by Gasteiger charge is -2.41. The minimum absolute atomic E-state index is 0.0243. The number of fused-ring (bicyclic) bond motifs is 5. The fraction of sp³-hybridized carbons (Fsp3) is 0.553. The van der Waals surface area contributed by atoms with E-state index < -0.39 is 88.9 Å². The van der Waals surface area contributed by atoms with Gasteiger partial charge in [0.15, 0.2) is 17.0 Å². The van der Waals surface area contributed by atoms with Gasteiger partial charge in [-0.15, -0.1) is 0 Å². The second kappa shape index (κ2) is 14.7. The van der Waals surface area contributed by atoms with E-state index >= 15 is 0 Å². The summed E-state index contributed by atoms with van der Waals surface area (Å²) in [6, 6.07) is 1.77. The first-order valence-corrected chi connectivity index (χ1v) is 18.5. The van der Waals surface area contributed by atoms with Gasteiger partial charge < -0.3 is 34.9 Å². The third-order valence-corrected chi connectivity index (χ3v) is 10.5. The highest BCUT2D eigenvalue weighted by atomic mass is 35.5. The number of amides is 3. The van der Waals surface area contributed by atoms with Crippen LogP contribution >= 0.6 is 11.6 Å². The number of esters is 1. The molecule has 1 fully saturated rings. The highest BCUT2D eigenvalue weighted by Gasteiger charge is 2.58. The Balaban J connectivity index is 1.44. The van der Waals surface area contributed by atoms with E-state index in [0.717, 1.165) is 11.3 Å². The molecule has 0 bridgehead atoms. The number of rotatable bonds is 3. The number of carbonyl (C=O) groups excluding carboxylic acids is 4. The van der Waals surface area contributed by atoms with E-state index in [-0.39, 0.29) is 47.4 Å². The van der Waals surface area contributed by atoms with E-state index in [1.165, 1.54) is 24.3 Å². The van der Waals surface area contributed by atoms with Crippen molar-refractivity contribution in [3.8, 4) is 5.75 Å². The van der Waals surface area contributed by atoms with Gasteiger partial charge >= 0.3 is 18.2 Å². The Morgan fingerprint density at radius 3 is 2.57 bits per heavy atom. The summed E-state index contributed by atoms with van der Waals surface area (Å²) < 4.78 is 61.1. The first-order chi connectivity index (χ1) is 25.4. The number of halogens is 4. The first kappa shape index (κ1) is 39.3. The normalized spacial score (nSPS) is 29.4. The lowest BCUT2D eigenvalue weighted by atomic mass is 9.73. The molecule has 1 aromatic carbocycles. The molecule has 1 unspecified atom stereocenters. The van der Waals surface area contributed by atoms with Crippen molar-refractivity contribution in [2.24, 2.45) is 5.92 Å². The molecule has 1 saturated heterocycles. The van der Waals surface area contributed by atoms with Crippen molar-refractivity contribution in [1.82, 2.24) is 20.5 Å². The highest BCUT2D eigenvalue weighted by Crippen LogP contribution is 2.52. The summed E-state index contributed by atoms with van der Waals surface area (Å²) >= 11 is 6.26. The summed E-state index contributed by atoms with van der Waals surface area (Å²) in [5.74, 6) is -3.54. The van der Waals surface area contributed by atoms with Crippen LogP contribution < -0.4 is 15.4 Å². The van der Waals surface area contributed by atoms with Gasteiger partial charge in [0, 0.05) is 29.7 Å². The topological polar surface area (TPSA) is 156 Å². The molecule has 3 N–H and O–H groups in total. The lowest BCUT2D eigenvalue weighted by molar-refractivity contribution is -0.154. The molecule has 6 rings (SSSR count). The standard InChI is InChI=1S/C38H44ClF3N4O8/c1-5-52-33(50)37-17-16-21(37)12-9-7-6-8-10-15-24(43-34(51)54-35(2,3)4)32(49)46-20-36(18-25(46)31(48)45-37)19-26(47)27-22-13-11-14-23(39)28(22)44-30(29(27)53-36)38(40,41)42/h9,11-14,16-17,21,24-26,47H,5-8,10,15,18-20H2,1-4H3,(H,43,51)(H,45,48)/b12-9-/t21-,24+,25+,26?,36+,37-/m1/s1. The number of para-hydroxylation sites is 1. The van der Waals surface area contributed by atoms with E-state index in [1.54, 1.807) is 33.8 Å². The van der Waals surface area contributed by atoms with Gasteiger partial charge in [0.2, 0.25) is 11.8 Å². The number of nitrogens with zero attached hydrogens (tertiary/aromatic N) is 2. The Kier molecular flexibility index (Phi) is 10.7. The minimum atomic E-state index is -5.04. The molecule has 4 heterocycles. The van der Waals surface area contributed by atoms with E-state index in [2.05, 4.69) is 15.6 Å². The number of alkyl halides is 3. The van der Waals surface area contributed by atoms with Gasteiger partial charge in [-0.25, -0.2) is 14.6 Å². The number of nitrogens with one attached hydrogen (secondary N) is 2. The second-order valence-corrected chi connectivity index (χ2v) is 15.7. The summed E-state index contributed by atoms with van der Waals surface area (Å²) in [6.07, 6.45) is 1.55. The third-order valence-electron chi connectivity index (χ3n) is 10.2. The van der Waals surface area contributed by atoms with Crippen molar-refractivity contribution >= 4 is 46.4 Å². The van der Waals surface area contributed by atoms with Crippen LogP contribution in [0.2, 0.25) is 5.02 Å². The number of pyridine rings is 1. The Morgan fingerprint density at radius 2 is 1.91 bits per heavy atom. The van der Waals surface area contributed by atoms with Crippen molar-refractivity contribution in [3.05, 3.63) is 58.8 Å². The number of carbonyl (C=O) groups is 4. The van der Waals surface area contributed by atoms with Crippen LogP contribution in [0, 0.1) is 5.92 Å². The molecular formula is C38H44ClF3N4O8. The fourth-order valence-corrected chi connectivity index (χ4v) is 7.92. The van der Waals surface area contributed by atoms with Gasteiger partial charge in [0.05, 0.1) is 29.8 Å². The molecule has 0 saturated carbocycles. The first-order valence-electron chi connectivity index (χ1n) is 18.1. The maximum absolute atomic E-state index is 14.7. The van der Waals surface area contributed by atoms with Crippen LogP contribution in [-0.4, -0.2) is 80.8 Å². The predicted octanol–water partition coefficient (Wildman–Crippen LogP) is 6.08. The van der Waals surface area contributed by atoms with Gasteiger partial charge in [-0.2, -0.15) is 13.2 Å². The molecule has 1 spiro atoms. The van der Waals surface area contributed by atoms with Crippen LogP contribution in [0.25, 0.3) is 10.9 Å². The molecule has 1 aromatic heterocycles. The summed E-state index contributed by atoms with van der Waals surface area (Å²) in [5, 5.41) is 17.2. The monoisotopic (exact) mass is 776 g/mol. The average Bonchev–Trinajstić information content (AvgIpc) is 3.42. The van der Waals surface area contributed by atoms with Crippen LogP contribution in [0.4, 0.5) is 18.0 Å². The number of hydrogen-bond donors (Lipinski definition) is 3. The molecule has 2 aromatic rings. The molecule has 1 aliphatic carbocycles. The fourth-order valence-electron chi connectivity index (χ4n) is 7.70. The number of allylic oxidation sites excluding steroid dienone is 1. The smallest absolute Gasteiger partial charge is 0.437 e. The maximum Gasteiger partial charge on any atom is 0.437 e. The second-order valence-electron chi connectivity index (χ2n) is 15.3. The average molecular weight is 777 g/mol. The third kappa shape index (κ3) is 7.61. The summed E-state index contributed by atoms with van der Waals surface area (Å²) in [7, 11) is 0. The van der Waals surface area contributed by atoms with Crippen molar-refractivity contribution in [2.45, 2.75) is 114 Å².